The molecular weight excluding hydrogens is 318 g/mol. The van der Waals surface area contributed by atoms with E-state index < -0.39 is 0 Å². The van der Waals surface area contributed by atoms with Crippen LogP contribution < -0.4 is 5.32 Å². The molecule has 1 N–H and O–H groups in total. The quantitative estimate of drug-likeness (QED) is 0.870. The molecule has 0 saturated carbocycles. The predicted octanol–water partition coefficient (Wildman–Crippen LogP) is 3.54. The van der Waals surface area contributed by atoms with Gasteiger partial charge in [0, 0.05) is 52.2 Å². The number of hydrogen-bond donors (Lipinski definition) is 1. The summed E-state index contributed by atoms with van der Waals surface area (Å²) in [5.74, 6) is 2.57. The molecule has 3 heterocycles. The predicted molar refractivity (Wildman–Crippen MR) is 97.0 cm³/mol. The molecule has 0 bridgehead atoms. The molecule has 6 heteroatoms. The minimum atomic E-state index is 0.530. The highest BCUT2D eigenvalue weighted by molar-refractivity contribution is 8.07. The monoisotopic (exact) mass is 341 g/mol. The van der Waals surface area contributed by atoms with E-state index in [-0.39, 0.29) is 0 Å². The summed E-state index contributed by atoms with van der Waals surface area (Å²) in [5, 5.41) is 7.28. The van der Waals surface area contributed by atoms with E-state index in [4.69, 9.17) is 4.98 Å². The van der Waals surface area contributed by atoms with Gasteiger partial charge >= 0.3 is 0 Å². The summed E-state index contributed by atoms with van der Waals surface area (Å²) in [7, 11) is 0. The first kappa shape index (κ1) is 15.7. The summed E-state index contributed by atoms with van der Waals surface area (Å²) in [6, 6.07) is 0.530. The lowest BCUT2D eigenvalue weighted by Gasteiger charge is -2.34. The Morgan fingerprint density at radius 1 is 1.43 bits per heavy atom. The molecule has 0 spiro atoms. The van der Waals surface area contributed by atoms with Crippen molar-refractivity contribution in [3.63, 3.8) is 0 Å². The zero-order valence-corrected chi connectivity index (χ0v) is 15.1. The Balaban J connectivity index is 1.73. The number of nitrogens with one attached hydrogen (secondary N) is 1. The van der Waals surface area contributed by atoms with Crippen molar-refractivity contribution in [2.45, 2.75) is 43.2 Å². The summed E-state index contributed by atoms with van der Waals surface area (Å²) in [4.78, 5) is 5.88. The first-order valence-corrected chi connectivity index (χ1v) is 10.6. The second-order valence-corrected chi connectivity index (χ2v) is 9.15. The number of rotatable bonds is 6. The number of fused-ring (bicyclic) bond motifs is 1. The van der Waals surface area contributed by atoms with Crippen LogP contribution in [0.5, 0.6) is 0 Å². The Hall–Kier alpha value is -0.170. The molecule has 116 valence electrons. The van der Waals surface area contributed by atoms with Gasteiger partial charge in [-0.05, 0) is 13.0 Å². The van der Waals surface area contributed by atoms with Crippen LogP contribution in [0.25, 0.3) is 4.96 Å². The Morgan fingerprint density at radius 3 is 3.05 bits per heavy atom. The van der Waals surface area contributed by atoms with Crippen molar-refractivity contribution in [3.05, 3.63) is 23.5 Å². The maximum Gasteiger partial charge on any atom is 0.193 e. The van der Waals surface area contributed by atoms with Gasteiger partial charge in [0.05, 0.1) is 5.69 Å². The highest BCUT2D eigenvalue weighted by atomic mass is 32.2. The zero-order chi connectivity index (χ0) is 14.7. The molecule has 0 radical (unpaired) electrons. The Bertz CT molecular complexity index is 537. The number of thioether (sulfide) groups is 2. The molecule has 1 saturated heterocycles. The smallest absolute Gasteiger partial charge is 0.193 e. The number of aromatic nitrogens is 2. The van der Waals surface area contributed by atoms with E-state index in [2.05, 4.69) is 64.9 Å². The van der Waals surface area contributed by atoms with E-state index in [1.165, 1.54) is 23.6 Å². The molecule has 3 rings (SSSR count). The number of imidazole rings is 1. The van der Waals surface area contributed by atoms with Crippen LogP contribution in [-0.4, -0.2) is 44.0 Å². The van der Waals surface area contributed by atoms with Crippen molar-refractivity contribution in [1.82, 2.24) is 14.7 Å². The van der Waals surface area contributed by atoms with Crippen molar-refractivity contribution >= 4 is 39.8 Å². The van der Waals surface area contributed by atoms with Crippen molar-refractivity contribution in [1.29, 1.82) is 0 Å². The average molecular weight is 342 g/mol. The van der Waals surface area contributed by atoms with Crippen LogP contribution in [0.4, 0.5) is 0 Å². The molecule has 0 amide bonds. The Kier molecular flexibility index (Phi) is 5.54. The third-order valence-corrected chi connectivity index (χ3v) is 7.88. The van der Waals surface area contributed by atoms with Crippen molar-refractivity contribution in [2.75, 3.05) is 18.1 Å². The summed E-state index contributed by atoms with van der Waals surface area (Å²) in [6.45, 7) is 5.72. The van der Waals surface area contributed by atoms with Crippen LogP contribution >= 0.6 is 34.9 Å². The van der Waals surface area contributed by atoms with E-state index >= 15 is 0 Å². The largest absolute Gasteiger partial charge is 0.312 e. The van der Waals surface area contributed by atoms with Gasteiger partial charge in [-0.25, -0.2) is 4.98 Å². The Morgan fingerprint density at radius 2 is 2.29 bits per heavy atom. The van der Waals surface area contributed by atoms with Gasteiger partial charge in [0.1, 0.15) is 0 Å². The van der Waals surface area contributed by atoms with E-state index in [9.17, 15) is 0 Å². The fourth-order valence-electron chi connectivity index (χ4n) is 2.83. The molecule has 2 aromatic heterocycles. The molecule has 3 unspecified atom stereocenters. The van der Waals surface area contributed by atoms with Crippen LogP contribution in [0.15, 0.2) is 17.8 Å². The van der Waals surface area contributed by atoms with Gasteiger partial charge in [-0.3, -0.25) is 4.40 Å². The summed E-state index contributed by atoms with van der Waals surface area (Å²) in [5.41, 5.74) is 1.22. The molecule has 1 aliphatic heterocycles. The molecule has 3 atom stereocenters. The molecule has 1 fully saturated rings. The topological polar surface area (TPSA) is 29.3 Å². The lowest BCUT2D eigenvalue weighted by Crippen LogP contribution is -2.46. The minimum Gasteiger partial charge on any atom is -0.312 e. The third kappa shape index (κ3) is 3.78. The molecule has 0 aliphatic carbocycles. The van der Waals surface area contributed by atoms with Crippen molar-refractivity contribution < 1.29 is 0 Å². The standard InChI is InChI=1S/C15H23N3S3/c1-3-4-16-13(14-11(2)19-7-8-20-14)9-12-10-18-5-6-21-15(18)17-12/h5-6,10-11,13-14,16H,3-4,7-9H2,1-2H3. The molecule has 21 heavy (non-hydrogen) atoms. The van der Waals surface area contributed by atoms with Gasteiger partial charge < -0.3 is 5.32 Å². The molecule has 3 nitrogen and oxygen atoms in total. The second-order valence-electron chi connectivity index (χ2n) is 5.50. The number of thiazole rings is 1. The average Bonchev–Trinajstić information content (AvgIpc) is 3.05. The van der Waals surface area contributed by atoms with Gasteiger partial charge in [-0.1, -0.05) is 13.8 Å². The Labute approximate surface area is 139 Å². The highest BCUT2D eigenvalue weighted by Crippen LogP contribution is 2.34. The van der Waals surface area contributed by atoms with E-state index in [0.717, 1.165) is 23.2 Å². The molecule has 2 aromatic rings. The van der Waals surface area contributed by atoms with Crippen LogP contribution in [0.1, 0.15) is 26.0 Å². The normalized spacial score (nSPS) is 24.5. The van der Waals surface area contributed by atoms with Gasteiger partial charge in [0.2, 0.25) is 0 Å². The fraction of sp³-hybridized carbons (Fsp3) is 0.667. The first-order chi connectivity index (χ1) is 10.3. The van der Waals surface area contributed by atoms with Gasteiger partial charge in [-0.2, -0.15) is 23.5 Å². The fourth-order valence-corrected chi connectivity index (χ4v) is 6.51. The molecular formula is C15H23N3S3. The summed E-state index contributed by atoms with van der Waals surface area (Å²) < 4.78 is 2.14. The van der Waals surface area contributed by atoms with E-state index in [0.29, 0.717) is 11.3 Å². The number of nitrogens with zero attached hydrogens (tertiary/aromatic N) is 2. The van der Waals surface area contributed by atoms with Gasteiger partial charge in [-0.15, -0.1) is 11.3 Å². The highest BCUT2D eigenvalue weighted by Gasteiger charge is 2.30. The lowest BCUT2D eigenvalue weighted by atomic mass is 10.1. The van der Waals surface area contributed by atoms with Crippen LogP contribution in [0, 0.1) is 0 Å². The number of hydrogen-bond acceptors (Lipinski definition) is 5. The first-order valence-electron chi connectivity index (χ1n) is 7.65. The van der Waals surface area contributed by atoms with E-state index in [1.54, 1.807) is 11.3 Å². The summed E-state index contributed by atoms with van der Waals surface area (Å²) in [6.07, 6.45) is 6.52. The van der Waals surface area contributed by atoms with Crippen molar-refractivity contribution in [3.8, 4) is 0 Å². The van der Waals surface area contributed by atoms with Gasteiger partial charge in [0.25, 0.3) is 0 Å². The zero-order valence-electron chi connectivity index (χ0n) is 12.6. The van der Waals surface area contributed by atoms with Gasteiger partial charge in [0.15, 0.2) is 4.96 Å². The van der Waals surface area contributed by atoms with Crippen LogP contribution in [-0.2, 0) is 6.42 Å². The maximum atomic E-state index is 4.77. The third-order valence-electron chi connectivity index (χ3n) is 3.86. The summed E-state index contributed by atoms with van der Waals surface area (Å²) >= 11 is 5.97. The SMILES string of the molecule is CCCNC(Cc1cn2ccsc2n1)C1SCCSC1C. The second kappa shape index (κ2) is 7.40. The van der Waals surface area contributed by atoms with Crippen LogP contribution in [0.3, 0.4) is 0 Å². The molecule has 0 aromatic carbocycles. The van der Waals surface area contributed by atoms with Crippen molar-refractivity contribution in [2.24, 2.45) is 0 Å². The minimum absolute atomic E-state index is 0.530. The van der Waals surface area contributed by atoms with E-state index in [1.807, 2.05) is 0 Å². The maximum absolute atomic E-state index is 4.77. The van der Waals surface area contributed by atoms with Crippen LogP contribution in [0.2, 0.25) is 0 Å². The lowest BCUT2D eigenvalue weighted by molar-refractivity contribution is 0.483. The molecule has 1 aliphatic rings.